The van der Waals surface area contributed by atoms with E-state index in [9.17, 15) is 4.79 Å². The predicted octanol–water partition coefficient (Wildman–Crippen LogP) is 4.78. The van der Waals surface area contributed by atoms with Crippen LogP contribution in [-0.4, -0.2) is 5.91 Å². The van der Waals surface area contributed by atoms with Gasteiger partial charge in [-0.3, -0.25) is 4.79 Å². The summed E-state index contributed by atoms with van der Waals surface area (Å²) in [4.78, 5) is 12.5. The number of hydrazine groups is 1. The third-order valence-electron chi connectivity index (χ3n) is 3.37. The monoisotopic (exact) mass is 374 g/mol. The Balaban J connectivity index is 1.94. The Kier molecular flexibility index (Phi) is 4.16. The molecule has 5 heteroatoms. The zero-order chi connectivity index (χ0) is 15.7. The van der Waals surface area contributed by atoms with Gasteiger partial charge in [0.15, 0.2) is 0 Å². The number of nitrogens with zero attached hydrogens (tertiary/aromatic N) is 1. The van der Waals surface area contributed by atoms with Crippen LogP contribution in [0.15, 0.2) is 65.1 Å². The van der Waals surface area contributed by atoms with Crippen molar-refractivity contribution in [2.24, 2.45) is 5.84 Å². The molecule has 3 aromatic rings. The van der Waals surface area contributed by atoms with Gasteiger partial charge in [0.1, 0.15) is 0 Å². The van der Waals surface area contributed by atoms with Gasteiger partial charge in [0.05, 0.1) is 5.69 Å². The second-order valence-electron chi connectivity index (χ2n) is 4.86. The highest BCUT2D eigenvalue weighted by molar-refractivity contribution is 9.10. The molecular weight excluding hydrogens is 364 g/mol. The van der Waals surface area contributed by atoms with Gasteiger partial charge in [-0.25, -0.2) is 10.9 Å². The number of anilines is 1. The summed E-state index contributed by atoms with van der Waals surface area (Å²) in [5.41, 5.74) is 1.12. The minimum absolute atomic E-state index is 0.271. The van der Waals surface area contributed by atoms with Crippen molar-refractivity contribution in [1.82, 2.24) is 0 Å². The number of carbonyl (C=O) groups is 1. The second-order valence-corrected chi connectivity index (χ2v) is 6.21. The van der Waals surface area contributed by atoms with Gasteiger partial charge < -0.3 is 0 Å². The fourth-order valence-electron chi connectivity index (χ4n) is 2.21. The smallest absolute Gasteiger partial charge is 0.267 e. The van der Waals surface area contributed by atoms with E-state index in [1.54, 1.807) is 30.3 Å². The highest BCUT2D eigenvalue weighted by Gasteiger charge is 2.14. The van der Waals surface area contributed by atoms with Crippen molar-refractivity contribution in [1.29, 1.82) is 0 Å². The molecule has 22 heavy (non-hydrogen) atoms. The molecule has 110 valence electrons. The van der Waals surface area contributed by atoms with Crippen LogP contribution >= 0.6 is 27.5 Å². The second kappa shape index (κ2) is 6.08. The van der Waals surface area contributed by atoms with Crippen molar-refractivity contribution >= 4 is 49.9 Å². The van der Waals surface area contributed by atoms with Crippen LogP contribution in [0.2, 0.25) is 5.02 Å². The van der Waals surface area contributed by atoms with Gasteiger partial charge in [0, 0.05) is 15.1 Å². The summed E-state index contributed by atoms with van der Waals surface area (Å²) >= 11 is 9.28. The van der Waals surface area contributed by atoms with E-state index in [1.807, 2.05) is 30.3 Å². The molecule has 3 nitrogen and oxygen atoms in total. The molecule has 0 aromatic heterocycles. The molecule has 0 bridgehead atoms. The number of hydrogen-bond donors (Lipinski definition) is 1. The van der Waals surface area contributed by atoms with Crippen molar-refractivity contribution in [3.63, 3.8) is 0 Å². The fourth-order valence-corrected chi connectivity index (χ4v) is 2.71. The van der Waals surface area contributed by atoms with Gasteiger partial charge in [0.25, 0.3) is 5.91 Å². The number of rotatable bonds is 2. The molecule has 3 aromatic carbocycles. The summed E-state index contributed by atoms with van der Waals surface area (Å²) < 4.78 is 1.00. The lowest BCUT2D eigenvalue weighted by Crippen LogP contribution is -2.37. The summed E-state index contributed by atoms with van der Waals surface area (Å²) in [5.74, 6) is 5.65. The molecule has 0 aliphatic heterocycles. The largest absolute Gasteiger partial charge is 0.272 e. The maximum absolute atomic E-state index is 12.5. The summed E-state index contributed by atoms with van der Waals surface area (Å²) in [7, 11) is 0. The van der Waals surface area contributed by atoms with Gasteiger partial charge >= 0.3 is 0 Å². The molecule has 0 aliphatic rings. The van der Waals surface area contributed by atoms with Crippen molar-refractivity contribution < 1.29 is 4.79 Å². The Bertz CT molecular complexity index is 849. The molecule has 1 amide bonds. The average Bonchev–Trinajstić information content (AvgIpc) is 2.53. The summed E-state index contributed by atoms with van der Waals surface area (Å²) in [6, 6.07) is 18.2. The van der Waals surface area contributed by atoms with Gasteiger partial charge in [-0.05, 0) is 59.3 Å². The first-order chi connectivity index (χ1) is 10.5. The molecule has 0 aliphatic carbocycles. The molecule has 0 saturated carbocycles. The van der Waals surface area contributed by atoms with E-state index in [0.29, 0.717) is 16.3 Å². The molecule has 0 radical (unpaired) electrons. The van der Waals surface area contributed by atoms with Crippen LogP contribution < -0.4 is 10.9 Å². The minimum atomic E-state index is -0.271. The Hall–Kier alpha value is -1.88. The maximum atomic E-state index is 12.5. The van der Waals surface area contributed by atoms with Gasteiger partial charge in [-0.1, -0.05) is 39.7 Å². The van der Waals surface area contributed by atoms with E-state index in [1.165, 1.54) is 0 Å². The quantitative estimate of drug-likeness (QED) is 0.398. The first-order valence-electron chi connectivity index (χ1n) is 6.58. The van der Waals surface area contributed by atoms with Gasteiger partial charge in [0.2, 0.25) is 0 Å². The van der Waals surface area contributed by atoms with Crippen LogP contribution in [0.4, 0.5) is 5.69 Å². The van der Waals surface area contributed by atoms with Crippen molar-refractivity contribution in [2.75, 3.05) is 5.01 Å². The number of nitrogens with two attached hydrogens (primary N) is 1. The van der Waals surface area contributed by atoms with Crippen LogP contribution in [0.5, 0.6) is 0 Å². The van der Waals surface area contributed by atoms with Gasteiger partial charge in [-0.15, -0.1) is 0 Å². The number of amides is 1. The average molecular weight is 376 g/mol. The molecular formula is C17H12BrClN2O. The minimum Gasteiger partial charge on any atom is -0.267 e. The van der Waals surface area contributed by atoms with E-state index in [4.69, 9.17) is 17.4 Å². The fraction of sp³-hybridized carbons (Fsp3) is 0. The molecule has 0 heterocycles. The van der Waals surface area contributed by atoms with Crippen LogP contribution in [0.1, 0.15) is 10.4 Å². The number of benzene rings is 3. The lowest BCUT2D eigenvalue weighted by molar-refractivity contribution is 0.0987. The Labute approximate surface area is 141 Å². The summed E-state index contributed by atoms with van der Waals surface area (Å²) in [6.07, 6.45) is 0. The predicted molar refractivity (Wildman–Crippen MR) is 94.1 cm³/mol. The molecule has 2 N–H and O–H groups in total. The van der Waals surface area contributed by atoms with E-state index in [0.717, 1.165) is 20.3 Å². The van der Waals surface area contributed by atoms with Gasteiger partial charge in [-0.2, -0.15) is 0 Å². The van der Waals surface area contributed by atoms with Crippen LogP contribution in [0, 0.1) is 0 Å². The standard InChI is InChI=1S/C17H12BrClN2O/c18-14-4-3-11-9-13(2-1-12(11)10-14)17(22)21(20)16-7-5-15(19)6-8-16/h1-10H,20H2. The van der Waals surface area contributed by atoms with Crippen LogP contribution in [-0.2, 0) is 0 Å². The topological polar surface area (TPSA) is 46.3 Å². The molecule has 0 spiro atoms. The normalized spacial score (nSPS) is 10.7. The molecule has 3 rings (SSSR count). The lowest BCUT2D eigenvalue weighted by atomic mass is 10.1. The molecule has 0 saturated heterocycles. The third-order valence-corrected chi connectivity index (χ3v) is 4.12. The number of hydrogen-bond acceptors (Lipinski definition) is 2. The van der Waals surface area contributed by atoms with E-state index >= 15 is 0 Å². The first-order valence-corrected chi connectivity index (χ1v) is 7.76. The van der Waals surface area contributed by atoms with Crippen LogP contribution in [0.25, 0.3) is 10.8 Å². The lowest BCUT2D eigenvalue weighted by Gasteiger charge is -2.17. The highest BCUT2D eigenvalue weighted by atomic mass is 79.9. The van der Waals surface area contributed by atoms with Crippen molar-refractivity contribution in [2.45, 2.75) is 0 Å². The Morgan fingerprint density at radius 2 is 1.59 bits per heavy atom. The van der Waals surface area contributed by atoms with E-state index in [-0.39, 0.29) is 5.91 Å². The molecule has 0 atom stereocenters. The SMILES string of the molecule is NN(C(=O)c1ccc2cc(Br)ccc2c1)c1ccc(Cl)cc1. The number of halogens is 2. The van der Waals surface area contributed by atoms with Crippen molar-refractivity contribution in [3.8, 4) is 0 Å². The summed E-state index contributed by atoms with van der Waals surface area (Å²) in [5, 5.41) is 3.76. The number of carbonyl (C=O) groups excluding carboxylic acids is 1. The summed E-state index contributed by atoms with van der Waals surface area (Å²) in [6.45, 7) is 0. The first kappa shape index (κ1) is 15.0. The zero-order valence-electron chi connectivity index (χ0n) is 11.5. The van der Waals surface area contributed by atoms with E-state index in [2.05, 4.69) is 15.9 Å². The highest BCUT2D eigenvalue weighted by Crippen LogP contribution is 2.23. The van der Waals surface area contributed by atoms with Crippen molar-refractivity contribution in [3.05, 3.63) is 75.7 Å². The maximum Gasteiger partial charge on any atom is 0.272 e. The molecule has 0 unspecified atom stereocenters. The van der Waals surface area contributed by atoms with Crippen LogP contribution in [0.3, 0.4) is 0 Å². The Morgan fingerprint density at radius 3 is 2.32 bits per heavy atom. The Morgan fingerprint density at radius 1 is 0.955 bits per heavy atom. The zero-order valence-corrected chi connectivity index (χ0v) is 13.8. The molecule has 0 fully saturated rings. The van der Waals surface area contributed by atoms with E-state index < -0.39 is 0 Å². The number of fused-ring (bicyclic) bond motifs is 1. The third kappa shape index (κ3) is 2.99.